The number of rotatable bonds is 10. The second-order valence-electron chi connectivity index (χ2n) is 7.88. The van der Waals surface area contributed by atoms with E-state index in [9.17, 15) is 19.2 Å². The van der Waals surface area contributed by atoms with Gasteiger partial charge in [-0.2, -0.15) is 0 Å². The third-order valence-corrected chi connectivity index (χ3v) is 4.58. The number of ketones is 1. The third-order valence-electron chi connectivity index (χ3n) is 4.58. The molecule has 0 bridgehead atoms. The van der Waals surface area contributed by atoms with Gasteiger partial charge in [0.2, 0.25) is 17.7 Å². The van der Waals surface area contributed by atoms with Crippen LogP contribution >= 0.6 is 0 Å². The van der Waals surface area contributed by atoms with Crippen LogP contribution in [0.2, 0.25) is 0 Å². The number of piperazine rings is 1. The predicted molar refractivity (Wildman–Crippen MR) is 106 cm³/mol. The molecule has 9 heteroatoms. The van der Waals surface area contributed by atoms with Crippen LogP contribution in [0.25, 0.3) is 0 Å². The Balaban J connectivity index is 2.61. The Bertz CT molecular complexity index is 565. The van der Waals surface area contributed by atoms with Crippen LogP contribution in [0, 0.1) is 11.8 Å². The highest BCUT2D eigenvalue weighted by molar-refractivity contribution is 5.93. The lowest BCUT2D eigenvalue weighted by molar-refractivity contribution is -0.142. The zero-order valence-electron chi connectivity index (χ0n) is 17.4. The Labute approximate surface area is 167 Å². The maximum absolute atomic E-state index is 12.5. The van der Waals surface area contributed by atoms with Crippen LogP contribution < -0.4 is 21.7 Å². The van der Waals surface area contributed by atoms with E-state index in [1.807, 2.05) is 13.8 Å². The highest BCUT2D eigenvalue weighted by Gasteiger charge is 2.32. The van der Waals surface area contributed by atoms with Gasteiger partial charge in [0, 0.05) is 32.0 Å². The fourth-order valence-electron chi connectivity index (χ4n) is 3.09. The lowest BCUT2D eigenvalue weighted by Crippen LogP contribution is -2.60. The molecule has 0 aromatic rings. The Hall–Kier alpha value is -2.00. The topological polar surface area (TPSA) is 134 Å². The van der Waals surface area contributed by atoms with Crippen LogP contribution in [0.15, 0.2) is 0 Å². The molecule has 1 rings (SSSR count). The Morgan fingerprint density at radius 2 is 1.86 bits per heavy atom. The van der Waals surface area contributed by atoms with Crippen molar-refractivity contribution in [2.75, 3.05) is 32.7 Å². The molecular formula is C19H35N5O4. The van der Waals surface area contributed by atoms with Crippen LogP contribution in [-0.2, 0) is 19.2 Å². The summed E-state index contributed by atoms with van der Waals surface area (Å²) < 4.78 is 0. The number of nitrogens with two attached hydrogens (primary N) is 1. The van der Waals surface area contributed by atoms with Gasteiger partial charge in [-0.25, -0.2) is 0 Å². The van der Waals surface area contributed by atoms with Crippen molar-refractivity contribution >= 4 is 23.5 Å². The molecule has 0 radical (unpaired) electrons. The van der Waals surface area contributed by atoms with E-state index in [0.29, 0.717) is 32.5 Å². The van der Waals surface area contributed by atoms with Crippen molar-refractivity contribution in [2.45, 2.75) is 52.6 Å². The van der Waals surface area contributed by atoms with E-state index in [4.69, 9.17) is 5.73 Å². The molecule has 1 aliphatic rings. The summed E-state index contributed by atoms with van der Waals surface area (Å²) in [5.41, 5.74) is 5.52. The number of nitrogens with zero attached hydrogens (tertiary/aromatic N) is 1. The van der Waals surface area contributed by atoms with Crippen LogP contribution in [0.4, 0.5) is 0 Å². The molecule has 2 unspecified atom stereocenters. The molecule has 0 aliphatic carbocycles. The van der Waals surface area contributed by atoms with Gasteiger partial charge >= 0.3 is 0 Å². The molecule has 0 aromatic heterocycles. The smallest absolute Gasteiger partial charge is 0.244 e. The molecule has 160 valence electrons. The van der Waals surface area contributed by atoms with E-state index in [0.717, 1.165) is 0 Å². The fourth-order valence-corrected chi connectivity index (χ4v) is 3.09. The van der Waals surface area contributed by atoms with Crippen LogP contribution in [0.5, 0.6) is 0 Å². The molecule has 1 saturated heterocycles. The van der Waals surface area contributed by atoms with Crippen LogP contribution in [0.3, 0.4) is 0 Å². The Morgan fingerprint density at radius 3 is 2.43 bits per heavy atom. The monoisotopic (exact) mass is 397 g/mol. The minimum Gasteiger partial charge on any atom is -0.345 e. The van der Waals surface area contributed by atoms with E-state index in [1.54, 1.807) is 18.7 Å². The molecule has 1 fully saturated rings. The number of hydrogen-bond donors (Lipinski definition) is 4. The largest absolute Gasteiger partial charge is 0.345 e. The summed E-state index contributed by atoms with van der Waals surface area (Å²) in [4.78, 5) is 50.9. The molecule has 0 spiro atoms. The first-order valence-electron chi connectivity index (χ1n) is 9.98. The summed E-state index contributed by atoms with van der Waals surface area (Å²) in [6, 6.07) is -1.31. The van der Waals surface area contributed by atoms with E-state index in [2.05, 4.69) is 16.0 Å². The first-order valence-corrected chi connectivity index (χ1v) is 9.98. The van der Waals surface area contributed by atoms with Crippen molar-refractivity contribution in [2.24, 2.45) is 17.6 Å². The van der Waals surface area contributed by atoms with Crippen molar-refractivity contribution in [1.29, 1.82) is 0 Å². The first kappa shape index (κ1) is 24.0. The normalized spacial score (nSPS) is 18.1. The minimum absolute atomic E-state index is 0.0633. The number of carbonyl (C=O) groups excluding carboxylic acids is 4. The zero-order chi connectivity index (χ0) is 21.3. The molecule has 1 aliphatic heterocycles. The van der Waals surface area contributed by atoms with Gasteiger partial charge in [0.1, 0.15) is 6.04 Å². The zero-order valence-corrected chi connectivity index (χ0v) is 17.4. The summed E-state index contributed by atoms with van der Waals surface area (Å²) in [6.45, 7) is 8.88. The maximum atomic E-state index is 12.5. The fraction of sp³-hybridized carbons (Fsp3) is 0.789. The molecule has 0 aromatic carbocycles. The number of hydrogen-bond acceptors (Lipinski definition) is 6. The van der Waals surface area contributed by atoms with Gasteiger partial charge in [-0.15, -0.1) is 0 Å². The first-order chi connectivity index (χ1) is 13.2. The van der Waals surface area contributed by atoms with Crippen molar-refractivity contribution < 1.29 is 19.2 Å². The van der Waals surface area contributed by atoms with E-state index >= 15 is 0 Å². The van der Waals surface area contributed by atoms with Gasteiger partial charge < -0.3 is 26.6 Å². The summed E-state index contributed by atoms with van der Waals surface area (Å²) in [6.07, 6.45) is 0.725. The van der Waals surface area contributed by atoms with Gasteiger partial charge in [-0.05, 0) is 18.9 Å². The molecular weight excluding hydrogens is 362 g/mol. The predicted octanol–water partition coefficient (Wildman–Crippen LogP) is -0.992. The molecule has 9 nitrogen and oxygen atoms in total. The second-order valence-corrected chi connectivity index (χ2v) is 7.88. The average molecular weight is 398 g/mol. The average Bonchev–Trinajstić information content (AvgIpc) is 2.64. The van der Waals surface area contributed by atoms with E-state index in [1.165, 1.54) is 0 Å². The number of carbonyl (C=O) groups is 4. The highest BCUT2D eigenvalue weighted by Crippen LogP contribution is 2.10. The molecule has 0 saturated carbocycles. The molecule has 28 heavy (non-hydrogen) atoms. The Morgan fingerprint density at radius 1 is 1.18 bits per heavy atom. The van der Waals surface area contributed by atoms with Crippen molar-refractivity contribution in [3.8, 4) is 0 Å². The van der Waals surface area contributed by atoms with E-state index < -0.39 is 18.0 Å². The van der Waals surface area contributed by atoms with Gasteiger partial charge in [0.15, 0.2) is 5.78 Å². The van der Waals surface area contributed by atoms with Crippen LogP contribution in [-0.4, -0.2) is 73.2 Å². The second kappa shape index (κ2) is 11.8. The quantitative estimate of drug-likeness (QED) is 0.374. The van der Waals surface area contributed by atoms with Gasteiger partial charge in [-0.1, -0.05) is 27.7 Å². The third kappa shape index (κ3) is 7.55. The molecule has 5 N–H and O–H groups in total. The standard InChI is InChI=1S/C19H35N5O4/c1-12(2)9-17(26)24-8-7-21-10-15(24)19(28)22-11-16(25)23-14(5-6-20)18(27)13(3)4/h12-15,21H,5-11,20H2,1-4H3,(H,22,28)(H,23,25). The van der Waals surface area contributed by atoms with Crippen molar-refractivity contribution in [3.05, 3.63) is 0 Å². The Kier molecular flexibility index (Phi) is 10.1. The van der Waals surface area contributed by atoms with Gasteiger partial charge in [0.05, 0.1) is 12.6 Å². The summed E-state index contributed by atoms with van der Waals surface area (Å²) >= 11 is 0. The number of Topliss-reactive ketones (excluding diaryl/α,β-unsaturated/α-hetero) is 1. The maximum Gasteiger partial charge on any atom is 0.244 e. The van der Waals surface area contributed by atoms with Gasteiger partial charge in [0.25, 0.3) is 0 Å². The van der Waals surface area contributed by atoms with Crippen molar-refractivity contribution in [3.63, 3.8) is 0 Å². The van der Waals surface area contributed by atoms with Crippen molar-refractivity contribution in [1.82, 2.24) is 20.9 Å². The molecule has 1 heterocycles. The number of amides is 3. The molecule has 2 atom stereocenters. The summed E-state index contributed by atoms with van der Waals surface area (Å²) in [5, 5.41) is 8.32. The highest BCUT2D eigenvalue weighted by atomic mass is 16.2. The lowest BCUT2D eigenvalue weighted by atomic mass is 9.99. The van der Waals surface area contributed by atoms with E-state index in [-0.39, 0.29) is 42.5 Å². The minimum atomic E-state index is -0.658. The lowest BCUT2D eigenvalue weighted by Gasteiger charge is -2.35. The summed E-state index contributed by atoms with van der Waals surface area (Å²) in [5.74, 6) is -1.01. The SMILES string of the molecule is CC(C)CC(=O)N1CCNCC1C(=O)NCC(=O)NC(CCN)C(=O)C(C)C. The number of nitrogens with one attached hydrogen (secondary N) is 3. The molecule has 3 amide bonds. The summed E-state index contributed by atoms with van der Waals surface area (Å²) in [7, 11) is 0. The van der Waals surface area contributed by atoms with Crippen LogP contribution in [0.1, 0.15) is 40.5 Å². The van der Waals surface area contributed by atoms with Gasteiger partial charge in [-0.3, -0.25) is 19.2 Å².